The molecule has 0 radical (unpaired) electrons. The van der Waals surface area contributed by atoms with E-state index in [1.165, 1.54) is 0 Å². The van der Waals surface area contributed by atoms with E-state index in [0.29, 0.717) is 0 Å². The lowest BCUT2D eigenvalue weighted by Gasteiger charge is -1.96. The molecule has 0 aliphatic heterocycles. The van der Waals surface area contributed by atoms with Gasteiger partial charge in [0.05, 0.1) is 6.20 Å². The van der Waals surface area contributed by atoms with Crippen LogP contribution in [0.1, 0.15) is 6.92 Å². The standard InChI is InChI=1S/C10H10IN3/c1-2-14-7-9(5-13-14)8-3-10(11)6-12-4-8/h3-7H,2H2,1H3. The van der Waals surface area contributed by atoms with Gasteiger partial charge in [-0.2, -0.15) is 5.10 Å². The summed E-state index contributed by atoms with van der Waals surface area (Å²) in [5.74, 6) is 0. The second kappa shape index (κ2) is 4.08. The van der Waals surface area contributed by atoms with E-state index in [0.717, 1.165) is 21.2 Å². The monoisotopic (exact) mass is 299 g/mol. The van der Waals surface area contributed by atoms with Gasteiger partial charge in [0.25, 0.3) is 0 Å². The number of hydrogen-bond acceptors (Lipinski definition) is 2. The number of aromatic nitrogens is 3. The molecule has 2 aromatic heterocycles. The predicted molar refractivity (Wildman–Crippen MR) is 63.8 cm³/mol. The fourth-order valence-corrected chi connectivity index (χ4v) is 1.75. The molecule has 0 atom stereocenters. The van der Waals surface area contributed by atoms with Crippen molar-refractivity contribution >= 4 is 22.6 Å². The summed E-state index contributed by atoms with van der Waals surface area (Å²) in [6.45, 7) is 2.97. The minimum Gasteiger partial charge on any atom is -0.272 e. The molecule has 14 heavy (non-hydrogen) atoms. The van der Waals surface area contributed by atoms with E-state index >= 15 is 0 Å². The van der Waals surface area contributed by atoms with Crippen LogP contribution >= 0.6 is 22.6 Å². The van der Waals surface area contributed by atoms with Gasteiger partial charge in [0.1, 0.15) is 0 Å². The number of nitrogens with zero attached hydrogens (tertiary/aromatic N) is 3. The zero-order valence-corrected chi connectivity index (χ0v) is 9.97. The molecule has 4 heteroatoms. The lowest BCUT2D eigenvalue weighted by atomic mass is 10.2. The molecule has 2 aromatic rings. The molecule has 0 N–H and O–H groups in total. The van der Waals surface area contributed by atoms with Crippen LogP contribution in [0.15, 0.2) is 30.9 Å². The van der Waals surface area contributed by atoms with E-state index in [1.807, 2.05) is 29.5 Å². The van der Waals surface area contributed by atoms with Gasteiger partial charge in [-0.1, -0.05) is 0 Å². The first-order valence-electron chi connectivity index (χ1n) is 4.43. The van der Waals surface area contributed by atoms with E-state index in [1.54, 1.807) is 0 Å². The predicted octanol–water partition coefficient (Wildman–Crippen LogP) is 2.57. The van der Waals surface area contributed by atoms with Crippen LogP contribution in [0.25, 0.3) is 11.1 Å². The summed E-state index contributed by atoms with van der Waals surface area (Å²) in [6, 6.07) is 2.10. The molecule has 0 bridgehead atoms. The first-order chi connectivity index (χ1) is 6.79. The Labute approximate surface area is 96.3 Å². The van der Waals surface area contributed by atoms with Crippen LogP contribution in [0, 0.1) is 3.57 Å². The highest BCUT2D eigenvalue weighted by Gasteiger charge is 2.01. The van der Waals surface area contributed by atoms with Crippen LogP contribution < -0.4 is 0 Å². The van der Waals surface area contributed by atoms with Crippen LogP contribution in [-0.2, 0) is 6.54 Å². The molecule has 0 aliphatic rings. The van der Waals surface area contributed by atoms with Crippen molar-refractivity contribution in [1.82, 2.24) is 14.8 Å². The number of pyridine rings is 1. The Balaban J connectivity index is 2.39. The third-order valence-electron chi connectivity index (χ3n) is 2.00. The third kappa shape index (κ3) is 1.95. The van der Waals surface area contributed by atoms with Crippen molar-refractivity contribution in [2.45, 2.75) is 13.5 Å². The number of hydrogen-bond donors (Lipinski definition) is 0. The van der Waals surface area contributed by atoms with Gasteiger partial charge in [-0.05, 0) is 35.6 Å². The minimum atomic E-state index is 0.900. The van der Waals surface area contributed by atoms with Crippen molar-refractivity contribution in [3.63, 3.8) is 0 Å². The van der Waals surface area contributed by atoms with Crippen LogP contribution in [0.4, 0.5) is 0 Å². The third-order valence-corrected chi connectivity index (χ3v) is 2.59. The molecule has 2 rings (SSSR count). The molecule has 0 aromatic carbocycles. The van der Waals surface area contributed by atoms with Gasteiger partial charge in [-0.15, -0.1) is 0 Å². The number of aryl methyl sites for hydroxylation is 1. The second-order valence-electron chi connectivity index (χ2n) is 2.98. The molecular formula is C10H10IN3. The van der Waals surface area contributed by atoms with Gasteiger partial charge in [-0.3, -0.25) is 9.67 Å². The summed E-state index contributed by atoms with van der Waals surface area (Å²) in [7, 11) is 0. The zero-order valence-electron chi connectivity index (χ0n) is 7.81. The summed E-state index contributed by atoms with van der Waals surface area (Å²) in [5.41, 5.74) is 2.24. The molecule has 72 valence electrons. The van der Waals surface area contributed by atoms with Crippen LogP contribution in [0.5, 0.6) is 0 Å². The molecule has 0 saturated heterocycles. The Bertz CT molecular complexity index is 436. The first kappa shape index (κ1) is 9.64. The molecule has 0 fully saturated rings. The van der Waals surface area contributed by atoms with Crippen LogP contribution in [0.2, 0.25) is 0 Å². The summed E-state index contributed by atoms with van der Waals surface area (Å²) in [5, 5.41) is 4.23. The molecule has 0 aliphatic carbocycles. The van der Waals surface area contributed by atoms with E-state index in [9.17, 15) is 0 Å². The Hall–Kier alpha value is -0.910. The van der Waals surface area contributed by atoms with Gasteiger partial charge in [0.15, 0.2) is 0 Å². The second-order valence-corrected chi connectivity index (χ2v) is 4.22. The molecule has 0 amide bonds. The Kier molecular flexibility index (Phi) is 2.81. The maximum atomic E-state index is 4.23. The van der Waals surface area contributed by atoms with E-state index in [4.69, 9.17) is 0 Å². The maximum Gasteiger partial charge on any atom is 0.0568 e. The van der Waals surface area contributed by atoms with Gasteiger partial charge in [0, 0.05) is 39.8 Å². The number of halogens is 1. The lowest BCUT2D eigenvalue weighted by molar-refractivity contribution is 0.660. The topological polar surface area (TPSA) is 30.7 Å². The Morgan fingerprint density at radius 3 is 2.79 bits per heavy atom. The summed E-state index contributed by atoms with van der Waals surface area (Å²) >= 11 is 2.26. The Morgan fingerprint density at radius 1 is 1.29 bits per heavy atom. The zero-order chi connectivity index (χ0) is 9.97. The van der Waals surface area contributed by atoms with E-state index in [-0.39, 0.29) is 0 Å². The molecule has 2 heterocycles. The summed E-state index contributed by atoms with van der Waals surface area (Å²) in [6.07, 6.45) is 7.61. The highest BCUT2D eigenvalue weighted by atomic mass is 127. The average molecular weight is 299 g/mol. The Morgan fingerprint density at radius 2 is 2.14 bits per heavy atom. The van der Waals surface area contributed by atoms with Gasteiger partial charge < -0.3 is 0 Å². The van der Waals surface area contributed by atoms with Crippen LogP contribution in [-0.4, -0.2) is 14.8 Å². The largest absolute Gasteiger partial charge is 0.272 e. The van der Waals surface area contributed by atoms with E-state index in [2.05, 4.69) is 45.7 Å². The summed E-state index contributed by atoms with van der Waals surface area (Å²) in [4.78, 5) is 4.15. The van der Waals surface area contributed by atoms with Gasteiger partial charge in [0.2, 0.25) is 0 Å². The summed E-state index contributed by atoms with van der Waals surface area (Å²) < 4.78 is 3.05. The normalized spacial score (nSPS) is 10.4. The van der Waals surface area contributed by atoms with Crippen molar-refractivity contribution in [2.24, 2.45) is 0 Å². The molecule has 3 nitrogen and oxygen atoms in total. The lowest BCUT2D eigenvalue weighted by Crippen LogP contribution is -1.92. The smallest absolute Gasteiger partial charge is 0.0568 e. The quantitative estimate of drug-likeness (QED) is 0.798. The van der Waals surface area contributed by atoms with Crippen molar-refractivity contribution in [3.8, 4) is 11.1 Å². The molecule has 0 spiro atoms. The molecular weight excluding hydrogens is 289 g/mol. The fourth-order valence-electron chi connectivity index (χ4n) is 1.26. The van der Waals surface area contributed by atoms with E-state index < -0.39 is 0 Å². The first-order valence-corrected chi connectivity index (χ1v) is 5.51. The van der Waals surface area contributed by atoms with Crippen molar-refractivity contribution < 1.29 is 0 Å². The number of rotatable bonds is 2. The van der Waals surface area contributed by atoms with Gasteiger partial charge in [-0.25, -0.2) is 0 Å². The minimum absolute atomic E-state index is 0.900. The highest BCUT2D eigenvalue weighted by Crippen LogP contribution is 2.19. The average Bonchev–Trinajstić information content (AvgIpc) is 2.66. The SMILES string of the molecule is CCn1cc(-c2cncc(I)c2)cn1. The van der Waals surface area contributed by atoms with Crippen LogP contribution in [0.3, 0.4) is 0 Å². The maximum absolute atomic E-state index is 4.23. The van der Waals surface area contributed by atoms with Gasteiger partial charge >= 0.3 is 0 Å². The van der Waals surface area contributed by atoms with Crippen molar-refractivity contribution in [3.05, 3.63) is 34.4 Å². The highest BCUT2D eigenvalue weighted by molar-refractivity contribution is 14.1. The van der Waals surface area contributed by atoms with Crippen molar-refractivity contribution in [1.29, 1.82) is 0 Å². The fraction of sp³-hybridized carbons (Fsp3) is 0.200. The molecule has 0 unspecified atom stereocenters. The van der Waals surface area contributed by atoms with Crippen molar-refractivity contribution in [2.75, 3.05) is 0 Å². The molecule has 0 saturated carbocycles.